The summed E-state index contributed by atoms with van der Waals surface area (Å²) in [6, 6.07) is 6.03. The summed E-state index contributed by atoms with van der Waals surface area (Å²) < 4.78 is 7.59. The lowest BCUT2D eigenvalue weighted by Crippen LogP contribution is -2.34. The third kappa shape index (κ3) is 2.60. The summed E-state index contributed by atoms with van der Waals surface area (Å²) in [4.78, 5) is 16.7. The van der Waals surface area contributed by atoms with Crippen LogP contribution in [0, 0.1) is 0 Å². The maximum atomic E-state index is 12.0. The molecule has 1 N–H and O–H groups in total. The number of hydrogen-bond donors (Lipinski definition) is 1. The molecule has 0 atom stereocenters. The van der Waals surface area contributed by atoms with E-state index in [1.54, 1.807) is 0 Å². The molecule has 1 aliphatic carbocycles. The van der Waals surface area contributed by atoms with E-state index >= 15 is 0 Å². The number of aryl methyl sites for hydroxylation is 1. The molecular weight excluding hydrogens is 302 g/mol. The zero-order valence-electron chi connectivity index (χ0n) is 13.8. The van der Waals surface area contributed by atoms with Crippen molar-refractivity contribution in [3.8, 4) is 5.88 Å². The first-order chi connectivity index (χ1) is 11.8. The lowest BCUT2D eigenvalue weighted by atomic mass is 9.98. The Morgan fingerprint density at radius 2 is 2.29 bits per heavy atom. The molecule has 0 unspecified atom stereocenters. The quantitative estimate of drug-likeness (QED) is 0.945. The lowest BCUT2D eigenvalue weighted by Gasteiger charge is -2.14. The largest absolute Gasteiger partial charge is 0.478 e. The average Bonchev–Trinajstić information content (AvgIpc) is 2.91. The van der Waals surface area contributed by atoms with Crippen LogP contribution in [-0.4, -0.2) is 28.6 Å². The van der Waals surface area contributed by atoms with Crippen molar-refractivity contribution in [3.63, 3.8) is 0 Å². The molecule has 5 nitrogen and oxygen atoms in total. The van der Waals surface area contributed by atoms with Crippen molar-refractivity contribution in [1.29, 1.82) is 0 Å². The lowest BCUT2D eigenvalue weighted by molar-refractivity contribution is 0.0928. The zero-order chi connectivity index (χ0) is 16.5. The second-order valence-corrected chi connectivity index (χ2v) is 6.15. The van der Waals surface area contributed by atoms with Crippen LogP contribution in [0.5, 0.6) is 5.88 Å². The smallest absolute Gasteiger partial charge is 0.267 e. The molecular formula is C19H21N3O2. The fourth-order valence-electron chi connectivity index (χ4n) is 3.46. The van der Waals surface area contributed by atoms with Crippen LogP contribution >= 0.6 is 0 Å². The van der Waals surface area contributed by atoms with Gasteiger partial charge in [0.05, 0.1) is 12.3 Å². The SMILES string of the molecule is CCOc1ccc2c(n1)CCCC=C2c1cc2n(c1)CCNC2=O. The molecule has 3 heterocycles. The van der Waals surface area contributed by atoms with Crippen LogP contribution in [0.25, 0.3) is 5.57 Å². The highest BCUT2D eigenvalue weighted by atomic mass is 16.5. The molecule has 0 spiro atoms. The molecule has 0 radical (unpaired) electrons. The summed E-state index contributed by atoms with van der Waals surface area (Å²) in [6.07, 6.45) is 7.40. The van der Waals surface area contributed by atoms with Crippen molar-refractivity contribution in [3.05, 3.63) is 53.0 Å². The van der Waals surface area contributed by atoms with E-state index in [0.717, 1.165) is 48.3 Å². The predicted molar refractivity (Wildman–Crippen MR) is 92.2 cm³/mol. The van der Waals surface area contributed by atoms with Crippen LogP contribution in [-0.2, 0) is 13.0 Å². The van der Waals surface area contributed by atoms with Crippen LogP contribution in [0.4, 0.5) is 0 Å². The van der Waals surface area contributed by atoms with E-state index in [2.05, 4.69) is 28.6 Å². The maximum absolute atomic E-state index is 12.0. The molecule has 0 bridgehead atoms. The van der Waals surface area contributed by atoms with Crippen molar-refractivity contribution in [1.82, 2.24) is 14.9 Å². The number of carbonyl (C=O) groups excluding carboxylic acids is 1. The summed E-state index contributed by atoms with van der Waals surface area (Å²) in [5, 5.41) is 2.90. The number of carbonyl (C=O) groups is 1. The molecule has 5 heteroatoms. The van der Waals surface area contributed by atoms with Crippen LogP contribution in [0.15, 0.2) is 30.5 Å². The topological polar surface area (TPSA) is 56.1 Å². The standard InChI is InChI=1S/C19H21N3O2/c1-2-24-18-8-7-15-14(5-3-4-6-16(15)21-18)13-11-17-19(23)20-9-10-22(17)12-13/h5,7-8,11-12H,2-4,6,9-10H2,1H3,(H,20,23). The average molecular weight is 323 g/mol. The Hall–Kier alpha value is -2.56. The van der Waals surface area contributed by atoms with Crippen LogP contribution in [0.3, 0.4) is 0 Å². The van der Waals surface area contributed by atoms with E-state index in [1.165, 1.54) is 5.57 Å². The van der Waals surface area contributed by atoms with Crippen molar-refractivity contribution < 1.29 is 9.53 Å². The number of nitrogens with zero attached hydrogens (tertiary/aromatic N) is 2. The van der Waals surface area contributed by atoms with Crippen molar-refractivity contribution in [2.24, 2.45) is 0 Å². The van der Waals surface area contributed by atoms with Gasteiger partial charge >= 0.3 is 0 Å². The molecule has 0 saturated carbocycles. The first-order valence-corrected chi connectivity index (χ1v) is 8.58. The van der Waals surface area contributed by atoms with Crippen LogP contribution in [0.1, 0.15) is 47.1 Å². The number of amides is 1. The van der Waals surface area contributed by atoms with Gasteiger partial charge in [-0.1, -0.05) is 6.08 Å². The summed E-state index contributed by atoms with van der Waals surface area (Å²) in [7, 11) is 0. The summed E-state index contributed by atoms with van der Waals surface area (Å²) in [6.45, 7) is 4.10. The molecule has 1 amide bonds. The molecule has 4 rings (SSSR count). The molecule has 2 aromatic rings. The molecule has 2 aliphatic rings. The predicted octanol–water partition coefficient (Wildman–Crippen LogP) is 2.79. The minimum absolute atomic E-state index is 0.00626. The summed E-state index contributed by atoms with van der Waals surface area (Å²) in [5.74, 6) is 0.694. The zero-order valence-corrected chi connectivity index (χ0v) is 13.8. The van der Waals surface area contributed by atoms with Gasteiger partial charge in [0, 0.05) is 36.5 Å². The Balaban J connectivity index is 1.76. The van der Waals surface area contributed by atoms with Gasteiger partial charge in [-0.15, -0.1) is 0 Å². The monoisotopic (exact) mass is 323 g/mol. The van der Waals surface area contributed by atoms with Crippen LogP contribution < -0.4 is 10.1 Å². The van der Waals surface area contributed by atoms with E-state index in [4.69, 9.17) is 4.74 Å². The number of pyridine rings is 1. The summed E-state index contributed by atoms with van der Waals surface area (Å²) in [5.41, 5.74) is 5.24. The maximum Gasteiger partial charge on any atom is 0.267 e. The first-order valence-electron chi connectivity index (χ1n) is 8.58. The van der Waals surface area contributed by atoms with E-state index < -0.39 is 0 Å². The highest BCUT2D eigenvalue weighted by Crippen LogP contribution is 2.32. The van der Waals surface area contributed by atoms with Crippen molar-refractivity contribution in [2.45, 2.75) is 32.7 Å². The van der Waals surface area contributed by atoms with Gasteiger partial charge in [-0.25, -0.2) is 4.98 Å². The van der Waals surface area contributed by atoms with Gasteiger partial charge in [0.15, 0.2) is 0 Å². The Bertz CT molecular complexity index is 820. The summed E-state index contributed by atoms with van der Waals surface area (Å²) >= 11 is 0. The number of aromatic nitrogens is 2. The third-order valence-electron chi connectivity index (χ3n) is 4.58. The molecule has 0 aromatic carbocycles. The Kier molecular flexibility index (Phi) is 3.84. The number of rotatable bonds is 3. The molecule has 1 aliphatic heterocycles. The fourth-order valence-corrected chi connectivity index (χ4v) is 3.46. The van der Waals surface area contributed by atoms with Gasteiger partial charge < -0.3 is 14.6 Å². The molecule has 2 aromatic heterocycles. The minimum atomic E-state index is 0.00626. The third-order valence-corrected chi connectivity index (χ3v) is 4.58. The van der Waals surface area contributed by atoms with Gasteiger partial charge in [-0.05, 0) is 43.9 Å². The Labute approximate surface area is 141 Å². The molecule has 24 heavy (non-hydrogen) atoms. The molecule has 0 fully saturated rings. The van der Waals surface area contributed by atoms with Gasteiger partial charge in [0.1, 0.15) is 5.69 Å². The Morgan fingerprint density at radius 3 is 3.12 bits per heavy atom. The van der Waals surface area contributed by atoms with E-state index in [-0.39, 0.29) is 5.91 Å². The van der Waals surface area contributed by atoms with Crippen LogP contribution in [0.2, 0.25) is 0 Å². The fraction of sp³-hybridized carbons (Fsp3) is 0.368. The van der Waals surface area contributed by atoms with Gasteiger partial charge in [0.2, 0.25) is 5.88 Å². The number of ether oxygens (including phenoxy) is 1. The first kappa shape index (κ1) is 15.0. The molecule has 0 saturated heterocycles. The number of fused-ring (bicyclic) bond motifs is 2. The van der Waals surface area contributed by atoms with E-state index in [0.29, 0.717) is 19.0 Å². The van der Waals surface area contributed by atoms with E-state index in [1.807, 2.05) is 23.6 Å². The van der Waals surface area contributed by atoms with Gasteiger partial charge in [0.25, 0.3) is 5.91 Å². The molecule has 124 valence electrons. The van der Waals surface area contributed by atoms with Crippen molar-refractivity contribution in [2.75, 3.05) is 13.2 Å². The van der Waals surface area contributed by atoms with E-state index in [9.17, 15) is 4.79 Å². The second-order valence-electron chi connectivity index (χ2n) is 6.15. The normalized spacial score (nSPS) is 16.5. The highest BCUT2D eigenvalue weighted by molar-refractivity contribution is 5.95. The Morgan fingerprint density at radius 1 is 1.38 bits per heavy atom. The van der Waals surface area contributed by atoms with Crippen molar-refractivity contribution >= 4 is 11.5 Å². The highest BCUT2D eigenvalue weighted by Gasteiger charge is 2.21. The number of hydrogen-bond acceptors (Lipinski definition) is 3. The van der Waals surface area contributed by atoms with Gasteiger partial charge in [-0.3, -0.25) is 4.79 Å². The second kappa shape index (κ2) is 6.15. The number of nitrogens with one attached hydrogen (secondary N) is 1. The number of allylic oxidation sites excluding steroid dienone is 1. The van der Waals surface area contributed by atoms with Gasteiger partial charge in [-0.2, -0.15) is 0 Å². The minimum Gasteiger partial charge on any atom is -0.478 e.